The van der Waals surface area contributed by atoms with Crippen molar-refractivity contribution in [1.29, 1.82) is 5.26 Å². The molecule has 1 N–H and O–H groups in total. The number of aromatic carboxylic acids is 1. The zero-order valence-corrected chi connectivity index (χ0v) is 15.5. The summed E-state index contributed by atoms with van der Waals surface area (Å²) in [5.41, 5.74) is 0.340. The van der Waals surface area contributed by atoms with Gasteiger partial charge in [-0.1, -0.05) is 23.7 Å². The van der Waals surface area contributed by atoms with Crippen LogP contribution in [0.1, 0.15) is 29.0 Å². The van der Waals surface area contributed by atoms with Crippen LogP contribution in [0.2, 0.25) is 5.02 Å². The Kier molecular flexibility index (Phi) is 6.14. The minimum atomic E-state index is -1.37. The first-order valence-electron chi connectivity index (χ1n) is 8.60. The molecule has 0 radical (unpaired) electrons. The van der Waals surface area contributed by atoms with E-state index in [-0.39, 0.29) is 22.3 Å². The normalized spacial score (nSPS) is 16.6. The van der Waals surface area contributed by atoms with Crippen LogP contribution in [0.4, 0.5) is 0 Å². The topological polar surface area (TPSA) is 115 Å². The van der Waals surface area contributed by atoms with Crippen molar-refractivity contribution in [1.82, 2.24) is 5.32 Å². The van der Waals surface area contributed by atoms with E-state index in [9.17, 15) is 20.0 Å². The van der Waals surface area contributed by atoms with Gasteiger partial charge in [0.1, 0.15) is 23.2 Å². The number of carbonyl (C=O) groups is 2. The quantitative estimate of drug-likeness (QED) is 0.587. The summed E-state index contributed by atoms with van der Waals surface area (Å²) in [5.74, 6) is -1.15. The molecule has 0 bridgehead atoms. The Hall–Kier alpha value is -3.08. The Balaban J connectivity index is 1.72. The summed E-state index contributed by atoms with van der Waals surface area (Å²) < 4.78 is 11.1. The minimum Gasteiger partial charge on any atom is -0.545 e. The van der Waals surface area contributed by atoms with Gasteiger partial charge in [0.25, 0.3) is 5.91 Å². The van der Waals surface area contributed by atoms with Crippen LogP contribution in [0, 0.1) is 11.3 Å². The van der Waals surface area contributed by atoms with E-state index in [0.29, 0.717) is 30.2 Å². The van der Waals surface area contributed by atoms with Gasteiger partial charge in [0.2, 0.25) is 0 Å². The second-order valence-corrected chi connectivity index (χ2v) is 6.61. The lowest BCUT2D eigenvalue weighted by Gasteiger charge is -2.09. The number of carbonyl (C=O) groups excluding carboxylic acids is 2. The first-order chi connectivity index (χ1) is 13.5. The molecule has 28 heavy (non-hydrogen) atoms. The van der Waals surface area contributed by atoms with Crippen LogP contribution in [0.25, 0.3) is 17.4 Å². The number of halogens is 1. The molecule has 1 aromatic heterocycles. The van der Waals surface area contributed by atoms with Crippen LogP contribution in [-0.2, 0) is 9.53 Å². The van der Waals surface area contributed by atoms with Gasteiger partial charge in [0.05, 0.1) is 17.1 Å². The van der Waals surface area contributed by atoms with Crippen molar-refractivity contribution in [3.8, 4) is 17.4 Å². The molecule has 2 heterocycles. The number of nitrogens with one attached hydrogen (secondary N) is 1. The third-order valence-electron chi connectivity index (χ3n) is 4.27. The second-order valence-electron chi connectivity index (χ2n) is 6.20. The van der Waals surface area contributed by atoms with Crippen LogP contribution in [0.3, 0.4) is 0 Å². The number of hydrogen-bond donors (Lipinski definition) is 1. The van der Waals surface area contributed by atoms with Crippen LogP contribution in [-0.4, -0.2) is 31.1 Å². The molecular formula is C20H16ClN2O5-. The Morgan fingerprint density at radius 1 is 1.36 bits per heavy atom. The Morgan fingerprint density at radius 2 is 2.18 bits per heavy atom. The molecule has 1 saturated heterocycles. The highest BCUT2D eigenvalue weighted by Crippen LogP contribution is 2.27. The molecule has 1 aromatic carbocycles. The number of nitrogens with zero attached hydrogens (tertiary/aromatic N) is 1. The third kappa shape index (κ3) is 4.60. The van der Waals surface area contributed by atoms with Gasteiger partial charge in [-0.25, -0.2) is 0 Å². The maximum absolute atomic E-state index is 12.2. The monoisotopic (exact) mass is 399 g/mol. The van der Waals surface area contributed by atoms with Crippen molar-refractivity contribution >= 4 is 29.6 Å². The van der Waals surface area contributed by atoms with Gasteiger partial charge < -0.3 is 24.4 Å². The maximum Gasteiger partial charge on any atom is 0.262 e. The van der Waals surface area contributed by atoms with E-state index in [4.69, 9.17) is 20.8 Å². The largest absolute Gasteiger partial charge is 0.545 e. The average molecular weight is 400 g/mol. The molecule has 0 saturated carbocycles. The molecule has 8 heteroatoms. The van der Waals surface area contributed by atoms with E-state index < -0.39 is 11.9 Å². The van der Waals surface area contributed by atoms with Gasteiger partial charge in [-0.2, -0.15) is 5.26 Å². The minimum absolute atomic E-state index is 0.0205. The summed E-state index contributed by atoms with van der Waals surface area (Å²) in [5, 5.41) is 22.9. The summed E-state index contributed by atoms with van der Waals surface area (Å²) in [6.07, 6.45) is 3.16. The Morgan fingerprint density at radius 3 is 2.82 bits per heavy atom. The van der Waals surface area contributed by atoms with E-state index in [2.05, 4.69) is 5.32 Å². The van der Waals surface area contributed by atoms with Crippen LogP contribution in [0.15, 0.2) is 40.3 Å². The summed E-state index contributed by atoms with van der Waals surface area (Å²) in [4.78, 5) is 23.1. The predicted octanol–water partition coefficient (Wildman–Crippen LogP) is 2.17. The second kappa shape index (κ2) is 8.74. The summed E-state index contributed by atoms with van der Waals surface area (Å²) in [7, 11) is 0. The summed E-state index contributed by atoms with van der Waals surface area (Å²) >= 11 is 5.94. The molecule has 0 spiro atoms. The third-order valence-corrected chi connectivity index (χ3v) is 4.58. The first kappa shape index (κ1) is 19.7. The summed E-state index contributed by atoms with van der Waals surface area (Å²) in [6.45, 7) is 1.04. The van der Waals surface area contributed by atoms with E-state index in [1.807, 2.05) is 6.07 Å². The fourth-order valence-corrected chi connectivity index (χ4v) is 3.08. The molecule has 0 unspecified atom stereocenters. The molecule has 0 aliphatic carbocycles. The fraction of sp³-hybridized carbons (Fsp3) is 0.250. The van der Waals surface area contributed by atoms with E-state index in [0.717, 1.165) is 12.8 Å². The van der Waals surface area contributed by atoms with Gasteiger partial charge in [-0.15, -0.1) is 0 Å². The van der Waals surface area contributed by atoms with Crippen LogP contribution in [0.5, 0.6) is 0 Å². The predicted molar refractivity (Wildman–Crippen MR) is 99.1 cm³/mol. The maximum atomic E-state index is 12.2. The molecule has 2 aromatic rings. The van der Waals surface area contributed by atoms with Crippen molar-refractivity contribution in [2.75, 3.05) is 13.2 Å². The van der Waals surface area contributed by atoms with Gasteiger partial charge in [0, 0.05) is 30.4 Å². The number of rotatable bonds is 6. The molecule has 7 nitrogen and oxygen atoms in total. The van der Waals surface area contributed by atoms with Crippen molar-refractivity contribution < 1.29 is 23.8 Å². The highest BCUT2D eigenvalue weighted by atomic mass is 35.5. The molecular weight excluding hydrogens is 384 g/mol. The molecule has 1 atom stereocenters. The zero-order chi connectivity index (χ0) is 20.1. The lowest BCUT2D eigenvalue weighted by molar-refractivity contribution is -0.255. The highest BCUT2D eigenvalue weighted by Gasteiger charge is 2.18. The number of benzene rings is 1. The van der Waals surface area contributed by atoms with Crippen LogP contribution < -0.4 is 10.4 Å². The lowest BCUT2D eigenvalue weighted by Crippen LogP contribution is -2.32. The highest BCUT2D eigenvalue weighted by molar-refractivity contribution is 6.33. The standard InChI is InChI=1S/C20H17ClN2O5/c21-17-9-12(3-5-16(17)20(25)26)18-6-4-14(28-18)8-13(10-22)19(24)23-11-15-2-1-7-27-15/h3-6,8-9,15H,1-2,7,11H2,(H,23,24)(H,25,26)/p-1/b13-8-/t15-/m0/s1. The first-order valence-corrected chi connectivity index (χ1v) is 8.98. The molecule has 3 rings (SSSR count). The van der Waals surface area contributed by atoms with Gasteiger partial charge in [0.15, 0.2) is 0 Å². The van der Waals surface area contributed by atoms with Gasteiger partial charge >= 0.3 is 0 Å². The average Bonchev–Trinajstić information content (AvgIpc) is 3.35. The van der Waals surface area contributed by atoms with Crippen LogP contribution >= 0.6 is 11.6 Å². The van der Waals surface area contributed by atoms with Crippen molar-refractivity contribution in [3.63, 3.8) is 0 Å². The van der Waals surface area contributed by atoms with E-state index in [1.165, 1.54) is 24.3 Å². The Bertz CT molecular complexity index is 967. The number of nitriles is 1. The number of carboxylic acids is 1. The smallest absolute Gasteiger partial charge is 0.262 e. The fourth-order valence-electron chi connectivity index (χ4n) is 2.82. The Labute approximate surface area is 166 Å². The molecule has 144 valence electrons. The lowest BCUT2D eigenvalue weighted by atomic mass is 10.1. The van der Waals surface area contributed by atoms with E-state index >= 15 is 0 Å². The molecule has 1 aliphatic rings. The van der Waals surface area contributed by atoms with Gasteiger partial charge in [-0.3, -0.25) is 4.79 Å². The number of hydrogen-bond acceptors (Lipinski definition) is 6. The number of carboxylic acid groups (broad SMARTS) is 1. The number of ether oxygens (including phenoxy) is 1. The molecule has 1 aliphatic heterocycles. The molecule has 1 amide bonds. The number of furan rings is 1. The molecule has 1 fully saturated rings. The van der Waals surface area contributed by atoms with Crippen molar-refractivity contribution in [2.24, 2.45) is 0 Å². The van der Waals surface area contributed by atoms with Crippen molar-refractivity contribution in [3.05, 3.63) is 52.3 Å². The zero-order valence-electron chi connectivity index (χ0n) is 14.7. The SMILES string of the molecule is N#C/C(=C/c1ccc(-c2ccc(C(=O)[O-])c(Cl)c2)o1)C(=O)NC[C@@H]1CCCO1. The number of amides is 1. The van der Waals surface area contributed by atoms with Crippen molar-refractivity contribution in [2.45, 2.75) is 18.9 Å². The van der Waals surface area contributed by atoms with E-state index in [1.54, 1.807) is 12.1 Å². The van der Waals surface area contributed by atoms with Gasteiger partial charge in [-0.05, 0) is 31.0 Å². The summed E-state index contributed by atoms with van der Waals surface area (Å²) in [6, 6.07) is 9.39.